The number of aromatic nitrogens is 2. The fourth-order valence-corrected chi connectivity index (χ4v) is 5.60. The van der Waals surface area contributed by atoms with Crippen LogP contribution >= 0.6 is 11.6 Å². The van der Waals surface area contributed by atoms with Gasteiger partial charge in [-0.3, -0.25) is 9.69 Å². The molecule has 37 heavy (non-hydrogen) atoms. The molecule has 1 saturated carbocycles. The first-order chi connectivity index (χ1) is 17.9. The van der Waals surface area contributed by atoms with Gasteiger partial charge >= 0.3 is 0 Å². The average Bonchev–Trinajstić information content (AvgIpc) is 2.91. The van der Waals surface area contributed by atoms with E-state index in [1.54, 1.807) is 25.3 Å². The third-order valence-corrected chi connectivity index (χ3v) is 7.73. The van der Waals surface area contributed by atoms with Crippen molar-refractivity contribution in [3.05, 3.63) is 47.5 Å². The molecule has 3 N–H and O–H groups in total. The first-order valence-corrected chi connectivity index (χ1v) is 13.0. The fraction of sp³-hybridized carbons (Fsp3) is 0.444. The molecule has 1 atom stereocenters. The van der Waals surface area contributed by atoms with Crippen LogP contribution in [-0.2, 0) is 4.79 Å². The molecule has 1 amide bonds. The SMILES string of the molecule is COc1cc2ncnc(Nc3cccc(Cl)c3F)c2cc1O[C@H]1CC[C@H](N2CCC[C@@H](C(N)=O)C2)CC1. The van der Waals surface area contributed by atoms with Gasteiger partial charge in [-0.1, -0.05) is 17.7 Å². The van der Waals surface area contributed by atoms with Crippen molar-refractivity contribution in [2.24, 2.45) is 11.7 Å². The summed E-state index contributed by atoms with van der Waals surface area (Å²) in [6, 6.07) is 8.85. The fourth-order valence-electron chi connectivity index (χ4n) is 5.42. The summed E-state index contributed by atoms with van der Waals surface area (Å²) in [4.78, 5) is 22.8. The first-order valence-electron chi connectivity index (χ1n) is 12.7. The van der Waals surface area contributed by atoms with Crippen molar-refractivity contribution >= 4 is 39.9 Å². The number of nitrogens with two attached hydrogens (primary N) is 1. The van der Waals surface area contributed by atoms with Crippen LogP contribution in [0.2, 0.25) is 5.02 Å². The minimum atomic E-state index is -0.548. The lowest BCUT2D eigenvalue weighted by Gasteiger charge is -2.40. The van der Waals surface area contributed by atoms with E-state index in [4.69, 9.17) is 26.8 Å². The standard InChI is InChI=1S/C27H31ClFN5O3/c1-36-23-13-22-19(27(32-15-31-22)33-21-6-2-5-20(28)25(21)29)12-24(23)37-18-9-7-17(8-10-18)34-11-3-4-16(14-34)26(30)35/h2,5-6,12-13,15-18H,3-4,7-11,14H2,1H3,(H2,30,35)(H,31,32,33)/t16-,17-,18-/m1/s1. The minimum Gasteiger partial charge on any atom is -0.493 e. The van der Waals surface area contributed by atoms with Gasteiger partial charge in [-0.25, -0.2) is 14.4 Å². The molecule has 0 radical (unpaired) electrons. The molecule has 2 fully saturated rings. The zero-order valence-electron chi connectivity index (χ0n) is 20.8. The molecule has 2 aliphatic rings. The largest absolute Gasteiger partial charge is 0.493 e. The lowest BCUT2D eigenvalue weighted by atomic mass is 9.88. The normalized spacial score (nSPS) is 22.5. The van der Waals surface area contributed by atoms with Crippen molar-refractivity contribution < 1.29 is 18.7 Å². The maximum Gasteiger partial charge on any atom is 0.221 e. The monoisotopic (exact) mass is 527 g/mol. The number of nitrogens with zero attached hydrogens (tertiary/aromatic N) is 3. The molecule has 196 valence electrons. The summed E-state index contributed by atoms with van der Waals surface area (Å²) < 4.78 is 26.5. The summed E-state index contributed by atoms with van der Waals surface area (Å²) in [5.41, 5.74) is 6.43. The lowest BCUT2D eigenvalue weighted by Crippen LogP contribution is -2.47. The maximum atomic E-state index is 14.5. The van der Waals surface area contributed by atoms with Crippen molar-refractivity contribution in [2.45, 2.75) is 50.7 Å². The van der Waals surface area contributed by atoms with Gasteiger partial charge in [-0.15, -0.1) is 0 Å². The predicted octanol–water partition coefficient (Wildman–Crippen LogP) is 5.06. The van der Waals surface area contributed by atoms with Crippen molar-refractivity contribution in [2.75, 3.05) is 25.5 Å². The summed E-state index contributed by atoms with van der Waals surface area (Å²) >= 11 is 5.94. The molecule has 8 nitrogen and oxygen atoms in total. The molecule has 0 bridgehead atoms. The van der Waals surface area contributed by atoms with E-state index < -0.39 is 5.82 Å². The van der Waals surface area contributed by atoms with Gasteiger partial charge in [0.25, 0.3) is 0 Å². The number of anilines is 2. The number of methoxy groups -OCH3 is 1. The predicted molar refractivity (Wildman–Crippen MR) is 141 cm³/mol. The molecule has 1 saturated heterocycles. The number of primary amides is 1. The van der Waals surface area contributed by atoms with Crippen LogP contribution in [0.15, 0.2) is 36.7 Å². The molecule has 2 aromatic carbocycles. The van der Waals surface area contributed by atoms with E-state index in [1.165, 1.54) is 12.4 Å². The van der Waals surface area contributed by atoms with Gasteiger partial charge in [0.15, 0.2) is 17.3 Å². The van der Waals surface area contributed by atoms with Crippen LogP contribution in [0, 0.1) is 11.7 Å². The van der Waals surface area contributed by atoms with E-state index in [2.05, 4.69) is 20.2 Å². The minimum absolute atomic E-state index is 0.0272. The van der Waals surface area contributed by atoms with E-state index in [0.717, 1.165) is 51.6 Å². The molecule has 1 aliphatic heterocycles. The quantitative estimate of drug-likeness (QED) is 0.442. The van der Waals surface area contributed by atoms with Crippen molar-refractivity contribution in [1.29, 1.82) is 0 Å². The van der Waals surface area contributed by atoms with Gasteiger partial charge in [0, 0.05) is 24.0 Å². The molecular weight excluding hydrogens is 497 g/mol. The number of rotatable bonds is 7. The number of ether oxygens (including phenoxy) is 2. The highest BCUT2D eigenvalue weighted by molar-refractivity contribution is 6.31. The second kappa shape index (κ2) is 11.1. The zero-order chi connectivity index (χ0) is 25.9. The Bertz CT molecular complexity index is 1280. The van der Waals surface area contributed by atoms with Gasteiger partial charge in [0.05, 0.1) is 35.4 Å². The van der Waals surface area contributed by atoms with Gasteiger partial charge in [-0.05, 0) is 63.3 Å². The topological polar surface area (TPSA) is 103 Å². The summed E-state index contributed by atoms with van der Waals surface area (Å²) in [7, 11) is 1.60. The third-order valence-electron chi connectivity index (χ3n) is 7.43. The van der Waals surface area contributed by atoms with Gasteiger partial charge in [0.1, 0.15) is 12.1 Å². The van der Waals surface area contributed by atoms with Crippen LogP contribution in [0.3, 0.4) is 0 Å². The molecule has 0 unspecified atom stereocenters. The maximum absolute atomic E-state index is 14.5. The number of hydrogen-bond donors (Lipinski definition) is 2. The summed E-state index contributed by atoms with van der Waals surface area (Å²) in [6.45, 7) is 1.77. The summed E-state index contributed by atoms with van der Waals surface area (Å²) in [6.07, 6.45) is 7.13. The van der Waals surface area contributed by atoms with Crippen LogP contribution in [0.1, 0.15) is 38.5 Å². The smallest absolute Gasteiger partial charge is 0.221 e. The summed E-state index contributed by atoms with van der Waals surface area (Å²) in [5.74, 6) is 0.823. The Morgan fingerprint density at radius 1 is 1.16 bits per heavy atom. The van der Waals surface area contributed by atoms with Crippen LogP contribution < -0.4 is 20.5 Å². The number of likely N-dealkylation sites (tertiary alicyclic amines) is 1. The van der Waals surface area contributed by atoms with E-state index in [0.29, 0.717) is 34.3 Å². The number of amides is 1. The number of halogens is 2. The van der Waals surface area contributed by atoms with Gasteiger partial charge < -0.3 is 20.5 Å². The molecule has 10 heteroatoms. The van der Waals surface area contributed by atoms with E-state index >= 15 is 0 Å². The van der Waals surface area contributed by atoms with Gasteiger partial charge in [-0.2, -0.15) is 0 Å². The second-order valence-electron chi connectivity index (χ2n) is 9.75. The van der Waals surface area contributed by atoms with Crippen LogP contribution in [-0.4, -0.2) is 53.1 Å². The second-order valence-corrected chi connectivity index (χ2v) is 10.2. The molecule has 5 rings (SSSR count). The Morgan fingerprint density at radius 2 is 1.97 bits per heavy atom. The van der Waals surface area contributed by atoms with E-state index in [9.17, 15) is 9.18 Å². The van der Waals surface area contributed by atoms with Crippen LogP contribution in [0.4, 0.5) is 15.9 Å². The Kier molecular flexibility index (Phi) is 7.62. The van der Waals surface area contributed by atoms with E-state index in [1.807, 2.05) is 6.07 Å². The first kappa shape index (κ1) is 25.5. The number of piperidine rings is 1. The Morgan fingerprint density at radius 3 is 2.73 bits per heavy atom. The number of nitrogens with one attached hydrogen (secondary N) is 1. The third kappa shape index (κ3) is 5.57. The Hall–Kier alpha value is -3.17. The lowest BCUT2D eigenvalue weighted by molar-refractivity contribution is -0.123. The molecule has 3 aromatic rings. The highest BCUT2D eigenvalue weighted by atomic mass is 35.5. The Labute approximate surface area is 220 Å². The summed E-state index contributed by atoms with van der Waals surface area (Å²) in [5, 5.41) is 3.74. The number of hydrogen-bond acceptors (Lipinski definition) is 7. The van der Waals surface area contributed by atoms with Crippen LogP contribution in [0.25, 0.3) is 10.9 Å². The van der Waals surface area contributed by atoms with Gasteiger partial charge in [0.2, 0.25) is 5.91 Å². The Balaban J connectivity index is 1.31. The number of fused-ring (bicyclic) bond motifs is 1. The number of carbonyl (C=O) groups excluding carboxylic acids is 1. The van der Waals surface area contributed by atoms with Crippen molar-refractivity contribution in [1.82, 2.24) is 14.9 Å². The van der Waals surface area contributed by atoms with Crippen molar-refractivity contribution in [3.63, 3.8) is 0 Å². The molecule has 0 spiro atoms. The van der Waals surface area contributed by atoms with E-state index in [-0.39, 0.29) is 28.6 Å². The van der Waals surface area contributed by atoms with Crippen LogP contribution in [0.5, 0.6) is 11.5 Å². The average molecular weight is 528 g/mol. The molecular formula is C27H31ClFN5O3. The molecule has 1 aromatic heterocycles. The highest BCUT2D eigenvalue weighted by Gasteiger charge is 2.32. The highest BCUT2D eigenvalue weighted by Crippen LogP contribution is 2.38. The molecule has 2 heterocycles. The zero-order valence-corrected chi connectivity index (χ0v) is 21.5. The molecule has 1 aliphatic carbocycles. The van der Waals surface area contributed by atoms with Crippen molar-refractivity contribution in [3.8, 4) is 11.5 Å². The number of carbonyl (C=O) groups is 1. The number of benzene rings is 2.